The molecule has 2 saturated heterocycles. The highest BCUT2D eigenvalue weighted by atomic mass is 16.5. The van der Waals surface area contributed by atoms with Crippen molar-refractivity contribution in [3.05, 3.63) is 0 Å². The molecule has 2 fully saturated rings. The van der Waals surface area contributed by atoms with Gasteiger partial charge in [-0.2, -0.15) is 0 Å². The highest BCUT2D eigenvalue weighted by Gasteiger charge is 2.14. The van der Waals surface area contributed by atoms with Crippen LogP contribution >= 0.6 is 0 Å². The summed E-state index contributed by atoms with van der Waals surface area (Å²) in [6.07, 6.45) is 5.09. The second-order valence-electron chi connectivity index (χ2n) is 4.11. The molecule has 0 spiro atoms. The van der Waals surface area contributed by atoms with Crippen LogP contribution in [-0.4, -0.2) is 50.3 Å². The third kappa shape index (κ3) is 5.80. The molecule has 2 rings (SSSR count). The molecule has 2 heterocycles. The molecule has 0 amide bonds. The first-order chi connectivity index (χ1) is 7.86. The van der Waals surface area contributed by atoms with E-state index in [4.69, 9.17) is 19.3 Å². The molecule has 2 aliphatic heterocycles. The van der Waals surface area contributed by atoms with Crippen LogP contribution in [-0.2, 0) is 14.2 Å². The summed E-state index contributed by atoms with van der Waals surface area (Å²) in [4.78, 5) is 0. The van der Waals surface area contributed by atoms with Crippen molar-refractivity contribution in [3.8, 4) is 0 Å². The summed E-state index contributed by atoms with van der Waals surface area (Å²) in [6.45, 7) is 5.56. The van der Waals surface area contributed by atoms with Crippen molar-refractivity contribution in [1.82, 2.24) is 0 Å². The molecule has 2 atom stereocenters. The molecule has 0 radical (unpaired) electrons. The molecule has 0 aliphatic carbocycles. The topological polar surface area (TPSA) is 47.9 Å². The monoisotopic (exact) mass is 232 g/mol. The summed E-state index contributed by atoms with van der Waals surface area (Å²) in [5, 5.41) is 8.44. The van der Waals surface area contributed by atoms with Gasteiger partial charge in [-0.05, 0) is 32.6 Å². The summed E-state index contributed by atoms with van der Waals surface area (Å²) >= 11 is 0. The molecule has 0 aromatic rings. The van der Waals surface area contributed by atoms with Crippen molar-refractivity contribution >= 4 is 0 Å². The van der Waals surface area contributed by atoms with E-state index in [0.717, 1.165) is 39.3 Å². The maximum Gasteiger partial charge on any atom is 0.0809 e. The Bertz CT molecular complexity index is 151. The summed E-state index contributed by atoms with van der Waals surface area (Å²) in [6, 6.07) is 0. The Balaban J connectivity index is 0.000000165. The molecule has 0 bridgehead atoms. The fraction of sp³-hybridized carbons (Fsp3) is 1.00. The van der Waals surface area contributed by atoms with Crippen LogP contribution in [0.2, 0.25) is 0 Å². The Morgan fingerprint density at radius 1 is 1.12 bits per heavy atom. The highest BCUT2D eigenvalue weighted by Crippen LogP contribution is 2.11. The largest absolute Gasteiger partial charge is 0.394 e. The van der Waals surface area contributed by atoms with Crippen LogP contribution in [0.15, 0.2) is 0 Å². The van der Waals surface area contributed by atoms with Crippen molar-refractivity contribution in [3.63, 3.8) is 0 Å². The zero-order valence-electron chi connectivity index (χ0n) is 10.2. The number of aliphatic hydroxyl groups is 1. The summed E-state index contributed by atoms with van der Waals surface area (Å²) < 4.78 is 15.6. The van der Waals surface area contributed by atoms with E-state index in [-0.39, 0.29) is 12.7 Å². The lowest BCUT2D eigenvalue weighted by molar-refractivity contribution is 0.0217. The average molecular weight is 232 g/mol. The smallest absolute Gasteiger partial charge is 0.0809 e. The summed E-state index contributed by atoms with van der Waals surface area (Å²) in [5.41, 5.74) is 0. The average Bonchev–Trinajstić information content (AvgIpc) is 3.00. The molecular formula is C12H24O4. The predicted molar refractivity (Wildman–Crippen MR) is 61.5 cm³/mol. The van der Waals surface area contributed by atoms with E-state index in [0.29, 0.717) is 6.10 Å². The van der Waals surface area contributed by atoms with Gasteiger partial charge in [-0.3, -0.25) is 0 Å². The first kappa shape index (κ1) is 13.9. The van der Waals surface area contributed by atoms with Crippen molar-refractivity contribution in [2.24, 2.45) is 0 Å². The van der Waals surface area contributed by atoms with Crippen LogP contribution in [0.5, 0.6) is 0 Å². The van der Waals surface area contributed by atoms with Gasteiger partial charge in [0.2, 0.25) is 0 Å². The fourth-order valence-electron chi connectivity index (χ4n) is 1.81. The number of ether oxygens (including phenoxy) is 3. The molecule has 2 unspecified atom stereocenters. The first-order valence-electron chi connectivity index (χ1n) is 6.28. The van der Waals surface area contributed by atoms with Crippen molar-refractivity contribution < 1.29 is 19.3 Å². The molecule has 4 heteroatoms. The van der Waals surface area contributed by atoms with Crippen LogP contribution in [0.1, 0.15) is 32.6 Å². The molecule has 16 heavy (non-hydrogen) atoms. The first-order valence-corrected chi connectivity index (χ1v) is 6.28. The third-order valence-corrected chi connectivity index (χ3v) is 2.76. The van der Waals surface area contributed by atoms with Gasteiger partial charge >= 0.3 is 0 Å². The van der Waals surface area contributed by atoms with E-state index in [9.17, 15) is 0 Å². The van der Waals surface area contributed by atoms with Gasteiger partial charge in [0.25, 0.3) is 0 Å². The van der Waals surface area contributed by atoms with Gasteiger partial charge in [0.05, 0.1) is 25.4 Å². The molecule has 0 saturated carbocycles. The normalized spacial score (nSPS) is 28.9. The van der Waals surface area contributed by atoms with Gasteiger partial charge < -0.3 is 19.3 Å². The Kier molecular flexibility index (Phi) is 7.76. The van der Waals surface area contributed by atoms with Gasteiger partial charge in [0.1, 0.15) is 0 Å². The molecule has 4 nitrogen and oxygen atoms in total. The maximum atomic E-state index is 8.44. The van der Waals surface area contributed by atoms with E-state index in [1.165, 1.54) is 12.8 Å². The zero-order chi connectivity index (χ0) is 11.6. The van der Waals surface area contributed by atoms with Gasteiger partial charge in [-0.25, -0.2) is 0 Å². The van der Waals surface area contributed by atoms with Crippen molar-refractivity contribution in [1.29, 1.82) is 0 Å². The second-order valence-corrected chi connectivity index (χ2v) is 4.11. The lowest BCUT2D eigenvalue weighted by atomic mass is 10.2. The molecule has 0 aromatic carbocycles. The van der Waals surface area contributed by atoms with E-state index in [2.05, 4.69) is 0 Å². The number of aliphatic hydroxyl groups excluding tert-OH is 1. The second kappa shape index (κ2) is 8.93. The predicted octanol–water partition coefficient (Wildman–Crippen LogP) is 1.36. The molecule has 1 N–H and O–H groups in total. The minimum atomic E-state index is 0.153. The van der Waals surface area contributed by atoms with Crippen molar-refractivity contribution in [2.75, 3.05) is 33.0 Å². The Morgan fingerprint density at radius 2 is 1.75 bits per heavy atom. The Hall–Kier alpha value is -0.160. The van der Waals surface area contributed by atoms with Crippen LogP contribution < -0.4 is 0 Å². The number of hydrogen-bond donors (Lipinski definition) is 1. The van der Waals surface area contributed by atoms with Crippen LogP contribution in [0.4, 0.5) is 0 Å². The van der Waals surface area contributed by atoms with Crippen LogP contribution in [0.3, 0.4) is 0 Å². The fourth-order valence-corrected chi connectivity index (χ4v) is 1.81. The Morgan fingerprint density at radius 3 is 2.12 bits per heavy atom. The summed E-state index contributed by atoms with van der Waals surface area (Å²) in [5.74, 6) is 0. The molecule has 2 aliphatic rings. The quantitative estimate of drug-likeness (QED) is 0.795. The minimum absolute atomic E-state index is 0.153. The lowest BCUT2D eigenvalue weighted by Gasteiger charge is -2.07. The van der Waals surface area contributed by atoms with Gasteiger partial charge in [0, 0.05) is 19.8 Å². The Labute approximate surface area is 97.9 Å². The van der Waals surface area contributed by atoms with Crippen molar-refractivity contribution in [2.45, 2.75) is 44.8 Å². The lowest BCUT2D eigenvalue weighted by Crippen LogP contribution is -2.13. The molecular weight excluding hydrogens is 208 g/mol. The van der Waals surface area contributed by atoms with Crippen LogP contribution in [0, 0.1) is 0 Å². The van der Waals surface area contributed by atoms with E-state index >= 15 is 0 Å². The van der Waals surface area contributed by atoms with Gasteiger partial charge in [0.15, 0.2) is 0 Å². The zero-order valence-corrected chi connectivity index (χ0v) is 10.2. The standard InChI is InChI=1S/C7H14O2.C5H10O2/c1-2-8-6-7-4-3-5-9-7;6-4-5-2-1-3-7-5/h7H,2-6H2,1H3;5-6H,1-4H2. The molecule has 0 aromatic heterocycles. The van der Waals surface area contributed by atoms with E-state index < -0.39 is 0 Å². The molecule has 96 valence electrons. The highest BCUT2D eigenvalue weighted by molar-refractivity contribution is 4.63. The van der Waals surface area contributed by atoms with E-state index in [1.54, 1.807) is 0 Å². The summed E-state index contributed by atoms with van der Waals surface area (Å²) in [7, 11) is 0. The van der Waals surface area contributed by atoms with Gasteiger partial charge in [-0.1, -0.05) is 0 Å². The number of hydrogen-bond acceptors (Lipinski definition) is 4. The van der Waals surface area contributed by atoms with E-state index in [1.807, 2.05) is 6.92 Å². The third-order valence-electron chi connectivity index (χ3n) is 2.76. The van der Waals surface area contributed by atoms with Gasteiger partial charge in [-0.15, -0.1) is 0 Å². The SMILES string of the molecule is CCOCC1CCCO1.OCC1CCCO1. The maximum absolute atomic E-state index is 8.44. The number of rotatable bonds is 4. The van der Waals surface area contributed by atoms with Crippen LogP contribution in [0.25, 0.3) is 0 Å². The minimum Gasteiger partial charge on any atom is -0.394 e.